The molecule has 0 aromatic carbocycles. The number of likely N-dealkylation sites (N-methyl/N-ethyl adjacent to an activating group) is 1. The number of carbonyl (C=O) groups is 2. The normalized spacial score (nSPS) is 21.0. The second-order valence-electron chi connectivity index (χ2n) is 16.6. The number of phosphoric ester groups is 1. The second kappa shape index (κ2) is 35.4. The molecule has 7 atom stereocenters. The van der Waals surface area contributed by atoms with E-state index in [1.165, 1.54) is 0 Å². The molecule has 0 aromatic rings. The Morgan fingerprint density at radius 3 is 1.95 bits per heavy atom. The van der Waals surface area contributed by atoms with Crippen molar-refractivity contribution in [1.82, 2.24) is 0 Å². The maximum Gasteiger partial charge on any atom is 0.472 e. The van der Waals surface area contributed by atoms with Gasteiger partial charge in [0, 0.05) is 25.2 Å². The minimum absolute atomic E-state index is 0.0292. The van der Waals surface area contributed by atoms with Gasteiger partial charge in [-0.15, -0.1) is 0 Å². The minimum Gasteiger partial charge on any atom is -0.462 e. The van der Waals surface area contributed by atoms with Gasteiger partial charge in [0.05, 0.1) is 46.1 Å². The molecule has 1 aliphatic rings. The Morgan fingerprint density at radius 1 is 0.774 bits per heavy atom. The van der Waals surface area contributed by atoms with E-state index in [-0.39, 0.29) is 38.4 Å². The summed E-state index contributed by atoms with van der Waals surface area (Å²) in [6, 6.07) is 0. The van der Waals surface area contributed by atoms with Crippen LogP contribution in [0.4, 0.5) is 0 Å². The average Bonchev–Trinajstić information content (AvgIpc) is 3.20. The van der Waals surface area contributed by atoms with Crippen molar-refractivity contribution in [3.63, 3.8) is 0 Å². The molecule has 0 bridgehead atoms. The number of hydrogen-bond acceptors (Lipinski definition) is 11. The number of unbranched alkanes of at least 4 members (excludes halogenated alkanes) is 4. The number of rotatable bonds is 35. The van der Waals surface area contributed by atoms with Crippen LogP contribution in [0, 0.1) is 5.92 Å². The quantitative estimate of drug-likeness (QED) is 0.0156. The van der Waals surface area contributed by atoms with E-state index in [0.29, 0.717) is 49.6 Å². The topological polar surface area (TPSA) is 178 Å². The first-order valence-corrected chi connectivity index (χ1v) is 24.2. The van der Waals surface area contributed by atoms with Gasteiger partial charge in [-0.05, 0) is 70.6 Å². The Balaban J connectivity index is 2.58. The predicted molar refractivity (Wildman–Crippen MR) is 246 cm³/mol. The summed E-state index contributed by atoms with van der Waals surface area (Å²) < 4.78 is 39.9. The number of ether oxygens (including phenoxy) is 3. The molecule has 13 nitrogen and oxygen atoms in total. The van der Waals surface area contributed by atoms with Crippen LogP contribution in [0.25, 0.3) is 0 Å². The summed E-state index contributed by atoms with van der Waals surface area (Å²) in [4.78, 5) is 35.6. The molecule has 1 heterocycles. The van der Waals surface area contributed by atoms with E-state index < -0.39 is 57.1 Å². The Morgan fingerprint density at radius 2 is 1.35 bits per heavy atom. The molecule has 0 aromatic heterocycles. The maximum atomic E-state index is 12.8. The Labute approximate surface area is 373 Å². The van der Waals surface area contributed by atoms with Crippen LogP contribution >= 0.6 is 7.82 Å². The first-order chi connectivity index (χ1) is 29.7. The Hall–Kier alpha value is -2.97. The van der Waals surface area contributed by atoms with Crippen molar-refractivity contribution in [3.05, 3.63) is 85.1 Å². The van der Waals surface area contributed by atoms with Gasteiger partial charge in [0.25, 0.3) is 0 Å². The minimum atomic E-state index is -4.47. The van der Waals surface area contributed by atoms with Crippen molar-refractivity contribution in [2.24, 2.45) is 5.92 Å². The van der Waals surface area contributed by atoms with E-state index in [0.717, 1.165) is 51.4 Å². The van der Waals surface area contributed by atoms with Gasteiger partial charge >= 0.3 is 19.8 Å². The number of esters is 2. The highest BCUT2D eigenvalue weighted by atomic mass is 31.2. The first-order valence-electron chi connectivity index (χ1n) is 22.7. The molecule has 0 spiro atoms. The molecule has 0 radical (unpaired) electrons. The molecule has 0 aliphatic carbocycles. The molecule has 0 saturated carbocycles. The van der Waals surface area contributed by atoms with Gasteiger partial charge < -0.3 is 38.9 Å². The Kier molecular flexibility index (Phi) is 32.6. The van der Waals surface area contributed by atoms with Crippen LogP contribution in [-0.4, -0.2) is 115 Å². The monoisotopic (exact) mass is 895 g/mol. The van der Waals surface area contributed by atoms with Gasteiger partial charge in [0.1, 0.15) is 19.8 Å². The number of nitrogens with zero attached hydrogens (tertiary/aromatic N) is 1. The lowest BCUT2D eigenvalue weighted by Crippen LogP contribution is -2.43. The number of aliphatic hydroxyl groups excluding tert-OH is 3. The highest BCUT2D eigenvalue weighted by Gasteiger charge is 2.35. The van der Waals surface area contributed by atoms with Crippen LogP contribution in [-0.2, 0) is 37.4 Å². The van der Waals surface area contributed by atoms with Crippen molar-refractivity contribution in [2.75, 3.05) is 47.5 Å². The van der Waals surface area contributed by atoms with Crippen LogP contribution < -0.4 is 0 Å². The fourth-order valence-electron chi connectivity index (χ4n) is 6.09. The maximum absolute atomic E-state index is 12.8. The number of carbonyl (C=O) groups excluding carboxylic acids is 2. The highest BCUT2D eigenvalue weighted by Crippen LogP contribution is 2.43. The molecule has 1 fully saturated rings. The van der Waals surface area contributed by atoms with Gasteiger partial charge in [0.2, 0.25) is 0 Å². The van der Waals surface area contributed by atoms with E-state index in [1.54, 1.807) is 12.2 Å². The van der Waals surface area contributed by atoms with Crippen molar-refractivity contribution < 1.29 is 62.1 Å². The summed E-state index contributed by atoms with van der Waals surface area (Å²) in [5.41, 5.74) is 0. The van der Waals surface area contributed by atoms with Crippen LogP contribution in [0.5, 0.6) is 0 Å². The molecule has 62 heavy (non-hydrogen) atoms. The lowest BCUT2D eigenvalue weighted by atomic mass is 9.87. The van der Waals surface area contributed by atoms with E-state index in [1.807, 2.05) is 39.4 Å². The smallest absolute Gasteiger partial charge is 0.462 e. The fraction of sp³-hybridized carbons (Fsp3) is 0.667. The summed E-state index contributed by atoms with van der Waals surface area (Å²) in [7, 11) is 1.26. The van der Waals surface area contributed by atoms with E-state index in [4.69, 9.17) is 23.3 Å². The van der Waals surface area contributed by atoms with Gasteiger partial charge in [-0.3, -0.25) is 18.6 Å². The summed E-state index contributed by atoms with van der Waals surface area (Å²) >= 11 is 0. The van der Waals surface area contributed by atoms with Crippen molar-refractivity contribution in [3.8, 4) is 0 Å². The number of phosphoric acid groups is 1. The molecule has 0 amide bonds. The largest absolute Gasteiger partial charge is 0.472 e. The zero-order valence-electron chi connectivity index (χ0n) is 38.3. The Bertz CT molecular complexity index is 1450. The standard InChI is InChI=1S/C48H80NO12P/c1-6-8-10-11-12-13-14-15-16-17-18-19-20-21-22-23-28-32-46(52)57-39-42(40-59-62(55,56)58-37-36-49(3,4)5)60-47(53)33-29-25-24-27-31-43-44(51)38-48(54)61-45(43)35-34-41(50)30-26-9-7-2/h8,10,12-13,15-16,18-19,21-22,24,27,34-35,41-45,48,50-51,54H,6-7,9,11,14,17,20,23,25-26,28-33,36-40H2,1-5H3/p+1/b10-8-,13-12-,16-15-,19-18-,22-21-,27-24-,35-34+/t41-,42+,43-,44-,45+,48?/m0/s1. The van der Waals surface area contributed by atoms with Crippen molar-refractivity contribution >= 4 is 19.8 Å². The number of hydrogen-bond donors (Lipinski definition) is 4. The third-order valence-corrected chi connectivity index (χ3v) is 10.7. The van der Waals surface area contributed by atoms with Gasteiger partial charge in [-0.1, -0.05) is 118 Å². The summed E-state index contributed by atoms with van der Waals surface area (Å²) in [6.07, 6.45) is 35.5. The number of allylic oxidation sites excluding steroid dienone is 12. The lowest BCUT2D eigenvalue weighted by Gasteiger charge is -2.36. The van der Waals surface area contributed by atoms with Crippen LogP contribution in [0.15, 0.2) is 85.1 Å². The molecule has 4 N–H and O–H groups in total. The predicted octanol–water partition coefficient (Wildman–Crippen LogP) is 8.90. The SMILES string of the molecule is CC/C=C\C/C=C\C/C=C\C/C=C\C/C=C\CCCC(=O)OC[C@H](COP(=O)(O)OCC[N+](C)(C)C)OC(=O)CCC/C=C\C[C@H]1[C@@H](O)CC(O)O[C@@H]1/C=C/[C@@H](O)CCCCC. The lowest BCUT2D eigenvalue weighted by molar-refractivity contribution is -0.870. The number of quaternary nitrogens is 1. The molecule has 1 aliphatic heterocycles. The van der Waals surface area contributed by atoms with Crippen molar-refractivity contribution in [2.45, 2.75) is 154 Å². The van der Waals surface area contributed by atoms with Gasteiger partial charge in [-0.25, -0.2) is 4.57 Å². The molecule has 1 saturated heterocycles. The van der Waals surface area contributed by atoms with Crippen LogP contribution in [0.2, 0.25) is 0 Å². The molecule has 14 heteroatoms. The fourth-order valence-corrected chi connectivity index (χ4v) is 6.83. The summed E-state index contributed by atoms with van der Waals surface area (Å²) in [5.74, 6) is -1.40. The number of aliphatic hydroxyl groups is 3. The molecular weight excluding hydrogens is 813 g/mol. The van der Waals surface area contributed by atoms with Gasteiger partial charge in [-0.2, -0.15) is 0 Å². The average molecular weight is 895 g/mol. The molecule has 354 valence electrons. The highest BCUT2D eigenvalue weighted by molar-refractivity contribution is 7.47. The van der Waals surface area contributed by atoms with E-state index >= 15 is 0 Å². The van der Waals surface area contributed by atoms with E-state index in [2.05, 4.69) is 68.5 Å². The molecular formula is C48H81NO12P+. The molecule has 2 unspecified atom stereocenters. The summed E-state index contributed by atoms with van der Waals surface area (Å²) in [6.45, 7) is 3.79. The third kappa shape index (κ3) is 32.7. The zero-order valence-corrected chi connectivity index (χ0v) is 39.2. The van der Waals surface area contributed by atoms with Crippen molar-refractivity contribution in [1.29, 1.82) is 0 Å². The van der Waals surface area contributed by atoms with E-state index in [9.17, 15) is 34.4 Å². The van der Waals surface area contributed by atoms with Crippen LogP contribution in [0.1, 0.15) is 123 Å². The van der Waals surface area contributed by atoms with Crippen LogP contribution in [0.3, 0.4) is 0 Å². The van der Waals surface area contributed by atoms with Gasteiger partial charge in [0.15, 0.2) is 12.4 Å². The second-order valence-corrected chi connectivity index (χ2v) is 18.0. The molecule has 1 rings (SSSR count). The summed E-state index contributed by atoms with van der Waals surface area (Å²) in [5, 5.41) is 31.0. The zero-order chi connectivity index (χ0) is 45.9. The third-order valence-electron chi connectivity index (χ3n) is 9.70. The first kappa shape index (κ1) is 57.0.